The Morgan fingerprint density at radius 2 is 1.48 bits per heavy atom. The number of rotatable bonds is 6. The van der Waals surface area contributed by atoms with Gasteiger partial charge in [-0.3, -0.25) is 4.79 Å². The topological polar surface area (TPSA) is 46.5 Å². The first-order valence-electron chi connectivity index (χ1n) is 9.19. The third-order valence-corrected chi connectivity index (χ3v) is 4.96. The molecule has 132 valence electrons. The van der Waals surface area contributed by atoms with Crippen LogP contribution in [0.15, 0.2) is 54.6 Å². The maximum atomic E-state index is 12.1. The van der Waals surface area contributed by atoms with Crippen molar-refractivity contribution < 1.29 is 14.6 Å². The zero-order chi connectivity index (χ0) is 17.5. The van der Waals surface area contributed by atoms with E-state index < -0.39 is 5.60 Å². The molecule has 1 N–H and O–H groups in total. The van der Waals surface area contributed by atoms with Crippen molar-refractivity contribution in [3.8, 4) is 5.75 Å². The highest BCUT2D eigenvalue weighted by Crippen LogP contribution is 2.31. The lowest BCUT2D eigenvalue weighted by molar-refractivity contribution is -0.141. The number of aryl methyl sites for hydroxylation is 2. The van der Waals surface area contributed by atoms with Crippen LogP contribution in [0.3, 0.4) is 0 Å². The van der Waals surface area contributed by atoms with Gasteiger partial charge in [-0.2, -0.15) is 0 Å². The summed E-state index contributed by atoms with van der Waals surface area (Å²) in [7, 11) is 0. The highest BCUT2D eigenvalue weighted by molar-refractivity contribution is 5.73. The first-order valence-corrected chi connectivity index (χ1v) is 9.19. The molecule has 25 heavy (non-hydrogen) atoms. The van der Waals surface area contributed by atoms with Gasteiger partial charge in [0.2, 0.25) is 0 Å². The summed E-state index contributed by atoms with van der Waals surface area (Å²) in [5.41, 5.74) is 1.67. The van der Waals surface area contributed by atoms with Crippen LogP contribution in [-0.2, 0) is 17.6 Å². The van der Waals surface area contributed by atoms with Gasteiger partial charge < -0.3 is 9.84 Å². The summed E-state index contributed by atoms with van der Waals surface area (Å²) in [5, 5.41) is 10.4. The molecule has 1 aliphatic carbocycles. The number of carbonyl (C=O) groups excluding carboxylic acids is 1. The van der Waals surface area contributed by atoms with Crippen LogP contribution in [0.4, 0.5) is 0 Å². The Balaban J connectivity index is 1.49. The normalized spacial score (nSPS) is 16.4. The van der Waals surface area contributed by atoms with Crippen LogP contribution in [0.25, 0.3) is 0 Å². The van der Waals surface area contributed by atoms with E-state index in [-0.39, 0.29) is 12.4 Å². The van der Waals surface area contributed by atoms with Crippen LogP contribution < -0.4 is 4.74 Å². The van der Waals surface area contributed by atoms with Crippen molar-refractivity contribution in [3.05, 3.63) is 65.7 Å². The minimum Gasteiger partial charge on any atom is -0.426 e. The van der Waals surface area contributed by atoms with Gasteiger partial charge in [0.05, 0.1) is 12.0 Å². The average Bonchev–Trinajstić information content (AvgIpc) is 2.62. The lowest BCUT2D eigenvalue weighted by atomic mass is 9.82. The third kappa shape index (κ3) is 5.43. The van der Waals surface area contributed by atoms with E-state index in [2.05, 4.69) is 24.3 Å². The first kappa shape index (κ1) is 17.7. The predicted molar refractivity (Wildman–Crippen MR) is 98.6 cm³/mol. The van der Waals surface area contributed by atoms with E-state index in [0.717, 1.165) is 32.1 Å². The zero-order valence-corrected chi connectivity index (χ0v) is 14.6. The van der Waals surface area contributed by atoms with E-state index in [4.69, 9.17) is 4.74 Å². The molecule has 3 nitrogen and oxygen atoms in total. The summed E-state index contributed by atoms with van der Waals surface area (Å²) < 4.78 is 5.40. The second-order valence-corrected chi connectivity index (χ2v) is 7.07. The van der Waals surface area contributed by atoms with Crippen molar-refractivity contribution in [2.24, 2.45) is 0 Å². The maximum Gasteiger partial charge on any atom is 0.314 e. The Kier molecular flexibility index (Phi) is 5.87. The van der Waals surface area contributed by atoms with Crippen LogP contribution in [0, 0.1) is 0 Å². The second kappa shape index (κ2) is 8.30. The lowest BCUT2D eigenvalue weighted by Gasteiger charge is -2.30. The van der Waals surface area contributed by atoms with Gasteiger partial charge in [0.1, 0.15) is 5.75 Å². The highest BCUT2D eigenvalue weighted by Gasteiger charge is 2.32. The van der Waals surface area contributed by atoms with E-state index in [0.29, 0.717) is 18.6 Å². The first-order chi connectivity index (χ1) is 12.1. The molecule has 0 unspecified atom stereocenters. The lowest BCUT2D eigenvalue weighted by Crippen LogP contribution is -2.35. The summed E-state index contributed by atoms with van der Waals surface area (Å²) in [6.45, 7) is 0. The minimum atomic E-state index is -0.870. The van der Waals surface area contributed by atoms with Crippen molar-refractivity contribution in [2.45, 2.75) is 57.0 Å². The number of hydrogen-bond acceptors (Lipinski definition) is 3. The molecule has 2 aromatic rings. The number of carbonyl (C=O) groups is 1. The van der Waals surface area contributed by atoms with Crippen molar-refractivity contribution in [1.82, 2.24) is 0 Å². The van der Waals surface area contributed by atoms with Crippen LogP contribution in [0.2, 0.25) is 0 Å². The van der Waals surface area contributed by atoms with Crippen molar-refractivity contribution >= 4 is 5.97 Å². The fourth-order valence-electron chi connectivity index (χ4n) is 3.48. The Morgan fingerprint density at radius 1 is 0.880 bits per heavy atom. The Labute approximate surface area is 149 Å². The molecular formula is C22H26O3. The molecule has 0 amide bonds. The monoisotopic (exact) mass is 338 g/mol. The Hall–Kier alpha value is -2.13. The van der Waals surface area contributed by atoms with Gasteiger partial charge in [-0.25, -0.2) is 0 Å². The van der Waals surface area contributed by atoms with Crippen molar-refractivity contribution in [2.75, 3.05) is 0 Å². The fraction of sp³-hybridized carbons (Fsp3) is 0.409. The smallest absolute Gasteiger partial charge is 0.314 e. The molecule has 3 heteroatoms. The summed E-state index contributed by atoms with van der Waals surface area (Å²) in [6, 6.07) is 18.1. The molecule has 0 heterocycles. The SMILES string of the molecule is O=C(CC1(O)CCCCC1)Oc1ccc(CCc2ccccc2)cc1. The molecule has 1 fully saturated rings. The van der Waals surface area contributed by atoms with E-state index >= 15 is 0 Å². The predicted octanol–water partition coefficient (Wildman–Crippen LogP) is 4.46. The minimum absolute atomic E-state index is 0.0861. The largest absolute Gasteiger partial charge is 0.426 e. The van der Waals surface area contributed by atoms with Crippen LogP contribution in [0.5, 0.6) is 5.75 Å². The van der Waals surface area contributed by atoms with E-state index in [1.54, 1.807) is 0 Å². The quantitative estimate of drug-likeness (QED) is 0.625. The molecule has 0 atom stereocenters. The van der Waals surface area contributed by atoms with Gasteiger partial charge in [-0.05, 0) is 48.9 Å². The number of ether oxygens (including phenoxy) is 1. The fourth-order valence-corrected chi connectivity index (χ4v) is 3.48. The van der Waals surface area contributed by atoms with E-state index in [1.165, 1.54) is 11.1 Å². The second-order valence-electron chi connectivity index (χ2n) is 7.07. The standard InChI is InChI=1S/C22H26O3/c23-21(17-22(24)15-5-2-6-16-22)25-20-13-11-19(12-14-20)10-9-18-7-3-1-4-8-18/h1,3-4,7-8,11-14,24H,2,5-6,9-10,15-17H2. The Bertz CT molecular complexity index is 670. The number of hydrogen-bond donors (Lipinski definition) is 1. The van der Waals surface area contributed by atoms with Gasteiger partial charge in [0.25, 0.3) is 0 Å². The van der Waals surface area contributed by atoms with E-state index in [9.17, 15) is 9.90 Å². The van der Waals surface area contributed by atoms with Gasteiger partial charge in [-0.1, -0.05) is 61.7 Å². The van der Waals surface area contributed by atoms with E-state index in [1.807, 2.05) is 30.3 Å². The maximum absolute atomic E-state index is 12.1. The molecular weight excluding hydrogens is 312 g/mol. The summed E-state index contributed by atoms with van der Waals surface area (Å²) in [4.78, 5) is 12.1. The van der Waals surface area contributed by atoms with Crippen LogP contribution >= 0.6 is 0 Å². The number of aliphatic hydroxyl groups is 1. The summed E-state index contributed by atoms with van der Waals surface area (Å²) in [6.07, 6.45) is 6.54. The summed E-state index contributed by atoms with van der Waals surface area (Å²) in [5.74, 6) is 0.203. The van der Waals surface area contributed by atoms with Gasteiger partial charge in [-0.15, -0.1) is 0 Å². The molecule has 3 rings (SSSR count). The molecule has 0 spiro atoms. The van der Waals surface area contributed by atoms with Gasteiger partial charge in [0.15, 0.2) is 0 Å². The van der Waals surface area contributed by atoms with Crippen LogP contribution in [-0.4, -0.2) is 16.7 Å². The summed E-state index contributed by atoms with van der Waals surface area (Å²) >= 11 is 0. The Morgan fingerprint density at radius 3 is 2.12 bits per heavy atom. The molecule has 1 aliphatic rings. The molecule has 2 aromatic carbocycles. The van der Waals surface area contributed by atoms with Crippen LogP contribution in [0.1, 0.15) is 49.7 Å². The number of benzene rings is 2. The molecule has 0 radical (unpaired) electrons. The molecule has 0 saturated heterocycles. The van der Waals surface area contributed by atoms with Crippen molar-refractivity contribution in [3.63, 3.8) is 0 Å². The average molecular weight is 338 g/mol. The zero-order valence-electron chi connectivity index (χ0n) is 14.6. The molecule has 0 aliphatic heterocycles. The molecule has 1 saturated carbocycles. The highest BCUT2D eigenvalue weighted by atomic mass is 16.5. The van der Waals surface area contributed by atoms with Crippen molar-refractivity contribution in [1.29, 1.82) is 0 Å². The number of esters is 1. The molecule has 0 bridgehead atoms. The third-order valence-electron chi connectivity index (χ3n) is 4.96. The van der Waals surface area contributed by atoms with Gasteiger partial charge in [0, 0.05) is 0 Å². The molecule has 0 aromatic heterocycles. The van der Waals surface area contributed by atoms with Gasteiger partial charge >= 0.3 is 5.97 Å².